The molecule has 0 aliphatic heterocycles. The maximum absolute atomic E-state index is 11.6. The number of hydrogen-bond acceptors (Lipinski definition) is 3. The first-order valence-electron chi connectivity index (χ1n) is 7.30. The van der Waals surface area contributed by atoms with Crippen molar-refractivity contribution in [2.75, 3.05) is 40.3 Å². The maximum Gasteiger partial charge on any atom is 0.236 e. The average molecular weight is 277 g/mol. The van der Waals surface area contributed by atoms with Gasteiger partial charge in [0.2, 0.25) is 5.91 Å². The number of rotatable bonds is 8. The van der Waals surface area contributed by atoms with E-state index >= 15 is 0 Å². The highest BCUT2D eigenvalue weighted by atomic mass is 16.2. The number of benzene rings is 1. The summed E-state index contributed by atoms with van der Waals surface area (Å²) >= 11 is 0. The minimum absolute atomic E-state index is 0.108. The third kappa shape index (κ3) is 4.94. The Hall–Kier alpha value is -1.39. The van der Waals surface area contributed by atoms with Gasteiger partial charge in [-0.25, -0.2) is 0 Å². The number of amides is 1. The topological polar surface area (TPSA) is 35.6 Å². The van der Waals surface area contributed by atoms with Crippen LogP contribution in [0.15, 0.2) is 30.3 Å². The molecule has 20 heavy (non-hydrogen) atoms. The number of nitrogens with one attached hydrogen (secondary N) is 1. The van der Waals surface area contributed by atoms with Crippen LogP contribution in [0, 0.1) is 0 Å². The molecule has 1 amide bonds. The molecule has 0 saturated carbocycles. The van der Waals surface area contributed by atoms with Gasteiger partial charge < -0.3 is 10.2 Å². The van der Waals surface area contributed by atoms with Crippen LogP contribution in [0.25, 0.3) is 0 Å². The molecule has 4 heteroatoms. The van der Waals surface area contributed by atoms with E-state index in [0.717, 1.165) is 19.6 Å². The summed E-state index contributed by atoms with van der Waals surface area (Å²) < 4.78 is 0. The van der Waals surface area contributed by atoms with Crippen molar-refractivity contribution in [3.05, 3.63) is 35.9 Å². The van der Waals surface area contributed by atoms with Gasteiger partial charge in [-0.3, -0.25) is 9.69 Å². The Morgan fingerprint density at radius 2 is 1.75 bits per heavy atom. The van der Waals surface area contributed by atoms with Crippen molar-refractivity contribution in [2.45, 2.75) is 19.9 Å². The first-order valence-corrected chi connectivity index (χ1v) is 7.30. The molecule has 112 valence electrons. The highest BCUT2D eigenvalue weighted by molar-refractivity contribution is 5.77. The van der Waals surface area contributed by atoms with Gasteiger partial charge >= 0.3 is 0 Å². The van der Waals surface area contributed by atoms with E-state index in [9.17, 15) is 4.79 Å². The molecule has 0 aromatic heterocycles. The van der Waals surface area contributed by atoms with Crippen LogP contribution in [0.5, 0.6) is 0 Å². The zero-order valence-electron chi connectivity index (χ0n) is 13.1. The van der Waals surface area contributed by atoms with Gasteiger partial charge in [0.25, 0.3) is 0 Å². The van der Waals surface area contributed by atoms with Crippen LogP contribution in [0.1, 0.15) is 25.5 Å². The molecule has 0 radical (unpaired) electrons. The van der Waals surface area contributed by atoms with Crippen molar-refractivity contribution in [3.8, 4) is 0 Å². The van der Waals surface area contributed by atoms with Crippen LogP contribution < -0.4 is 5.32 Å². The van der Waals surface area contributed by atoms with E-state index in [0.29, 0.717) is 12.6 Å². The van der Waals surface area contributed by atoms with E-state index in [1.807, 2.05) is 6.07 Å². The van der Waals surface area contributed by atoms with Gasteiger partial charge in [-0.15, -0.1) is 0 Å². The molecule has 1 aromatic carbocycles. The molecule has 1 aromatic rings. The second-order valence-corrected chi connectivity index (χ2v) is 5.07. The molecule has 0 bridgehead atoms. The third-order valence-electron chi connectivity index (χ3n) is 3.55. The molecule has 0 saturated heterocycles. The fourth-order valence-electron chi connectivity index (χ4n) is 2.27. The summed E-state index contributed by atoms with van der Waals surface area (Å²) in [5.41, 5.74) is 1.29. The summed E-state index contributed by atoms with van der Waals surface area (Å²) in [5, 5.41) is 3.28. The van der Waals surface area contributed by atoms with Gasteiger partial charge in [-0.1, -0.05) is 44.2 Å². The second kappa shape index (κ2) is 8.72. The molecular formula is C16H27N3O. The molecule has 0 aliphatic rings. The van der Waals surface area contributed by atoms with E-state index in [1.165, 1.54) is 5.56 Å². The number of likely N-dealkylation sites (N-methyl/N-ethyl adjacent to an activating group) is 2. The monoisotopic (exact) mass is 277 g/mol. The Bertz CT molecular complexity index is 388. The molecule has 0 fully saturated rings. The minimum Gasteiger partial charge on any atom is -0.348 e. The molecule has 1 atom stereocenters. The minimum atomic E-state index is 0.108. The smallest absolute Gasteiger partial charge is 0.236 e. The van der Waals surface area contributed by atoms with Crippen LogP contribution in [0.3, 0.4) is 0 Å². The molecule has 1 N–H and O–H groups in total. The van der Waals surface area contributed by atoms with Crippen LogP contribution in [0.4, 0.5) is 0 Å². The van der Waals surface area contributed by atoms with Gasteiger partial charge in [0.1, 0.15) is 0 Å². The van der Waals surface area contributed by atoms with Gasteiger partial charge in [0.15, 0.2) is 0 Å². The van der Waals surface area contributed by atoms with Crippen molar-refractivity contribution in [1.29, 1.82) is 0 Å². The van der Waals surface area contributed by atoms with Gasteiger partial charge in [0, 0.05) is 26.7 Å². The molecule has 0 spiro atoms. The fourth-order valence-corrected chi connectivity index (χ4v) is 2.27. The molecule has 0 heterocycles. The highest BCUT2D eigenvalue weighted by Gasteiger charge is 2.17. The normalized spacial score (nSPS) is 12.4. The van der Waals surface area contributed by atoms with E-state index in [-0.39, 0.29) is 5.91 Å². The standard InChI is InChI=1S/C16H27N3O/c1-5-19(6-2)15(14-10-8-7-9-11-14)12-17-13-16(20)18(3)4/h7-11,15,17H,5-6,12-13H2,1-4H3. The summed E-state index contributed by atoms with van der Waals surface area (Å²) in [6.45, 7) is 7.51. The quantitative estimate of drug-likeness (QED) is 0.786. The summed E-state index contributed by atoms with van der Waals surface area (Å²) in [5.74, 6) is 0.108. The molecule has 1 unspecified atom stereocenters. The lowest BCUT2D eigenvalue weighted by molar-refractivity contribution is -0.127. The Morgan fingerprint density at radius 1 is 1.15 bits per heavy atom. The summed E-state index contributed by atoms with van der Waals surface area (Å²) in [6.07, 6.45) is 0. The predicted octanol–water partition coefficient (Wildman–Crippen LogP) is 1.75. The molecule has 4 nitrogen and oxygen atoms in total. The molecular weight excluding hydrogens is 250 g/mol. The van der Waals surface area contributed by atoms with Crippen molar-refractivity contribution in [2.24, 2.45) is 0 Å². The maximum atomic E-state index is 11.6. The Kier molecular flexibility index (Phi) is 7.26. The Labute approximate surface area is 122 Å². The average Bonchev–Trinajstić information content (AvgIpc) is 2.47. The van der Waals surface area contributed by atoms with Crippen LogP contribution in [-0.2, 0) is 4.79 Å². The Balaban J connectivity index is 2.67. The van der Waals surface area contributed by atoms with Crippen molar-refractivity contribution < 1.29 is 4.79 Å². The van der Waals surface area contributed by atoms with E-state index < -0.39 is 0 Å². The van der Waals surface area contributed by atoms with Crippen LogP contribution in [-0.4, -0.2) is 56.0 Å². The first-order chi connectivity index (χ1) is 9.60. The second-order valence-electron chi connectivity index (χ2n) is 5.07. The largest absolute Gasteiger partial charge is 0.348 e. The summed E-state index contributed by atoms with van der Waals surface area (Å²) in [4.78, 5) is 15.6. The lowest BCUT2D eigenvalue weighted by Gasteiger charge is -2.30. The van der Waals surface area contributed by atoms with Crippen molar-refractivity contribution >= 4 is 5.91 Å². The molecule has 0 aliphatic carbocycles. The third-order valence-corrected chi connectivity index (χ3v) is 3.55. The number of carbonyl (C=O) groups is 1. The van der Waals surface area contributed by atoms with Crippen molar-refractivity contribution in [3.63, 3.8) is 0 Å². The molecule has 1 rings (SSSR count). The number of hydrogen-bond donors (Lipinski definition) is 1. The van der Waals surface area contributed by atoms with E-state index in [2.05, 4.69) is 48.3 Å². The van der Waals surface area contributed by atoms with Crippen molar-refractivity contribution in [1.82, 2.24) is 15.1 Å². The van der Waals surface area contributed by atoms with Gasteiger partial charge in [-0.05, 0) is 18.7 Å². The zero-order valence-corrected chi connectivity index (χ0v) is 13.1. The Morgan fingerprint density at radius 3 is 2.25 bits per heavy atom. The lowest BCUT2D eigenvalue weighted by atomic mass is 10.1. The van der Waals surface area contributed by atoms with Crippen LogP contribution in [0.2, 0.25) is 0 Å². The summed E-state index contributed by atoms with van der Waals surface area (Å²) in [7, 11) is 3.56. The first kappa shape index (κ1) is 16.7. The SMILES string of the molecule is CCN(CC)C(CNCC(=O)N(C)C)c1ccccc1. The lowest BCUT2D eigenvalue weighted by Crippen LogP contribution is -2.39. The van der Waals surface area contributed by atoms with Gasteiger partial charge in [0.05, 0.1) is 6.54 Å². The number of nitrogens with zero attached hydrogens (tertiary/aromatic N) is 2. The zero-order chi connectivity index (χ0) is 15.0. The summed E-state index contributed by atoms with van der Waals surface area (Å²) in [6, 6.07) is 10.8. The van der Waals surface area contributed by atoms with E-state index in [4.69, 9.17) is 0 Å². The van der Waals surface area contributed by atoms with Crippen LogP contribution >= 0.6 is 0 Å². The predicted molar refractivity (Wildman–Crippen MR) is 83.7 cm³/mol. The van der Waals surface area contributed by atoms with E-state index in [1.54, 1.807) is 19.0 Å². The fraction of sp³-hybridized carbons (Fsp3) is 0.562. The highest BCUT2D eigenvalue weighted by Crippen LogP contribution is 2.19. The van der Waals surface area contributed by atoms with Gasteiger partial charge in [-0.2, -0.15) is 0 Å². The number of carbonyl (C=O) groups excluding carboxylic acids is 1.